The van der Waals surface area contributed by atoms with Gasteiger partial charge < -0.3 is 15.5 Å². The van der Waals surface area contributed by atoms with Crippen LogP contribution in [0, 0.1) is 0 Å². The van der Waals surface area contributed by atoms with Gasteiger partial charge in [-0.1, -0.05) is 6.58 Å². The van der Waals surface area contributed by atoms with Gasteiger partial charge in [0, 0.05) is 42.1 Å². The van der Waals surface area contributed by atoms with Crippen molar-refractivity contribution in [3.05, 3.63) is 67.3 Å². The summed E-state index contributed by atoms with van der Waals surface area (Å²) in [6.45, 7) is 4.60. The first kappa shape index (κ1) is 20.4. The van der Waals surface area contributed by atoms with Crippen LogP contribution in [0.2, 0.25) is 0 Å². The fourth-order valence-electron chi connectivity index (χ4n) is 3.71. The summed E-state index contributed by atoms with van der Waals surface area (Å²) in [5.41, 5.74) is 3.40. The number of rotatable bonds is 6. The monoisotopic (exact) mass is 443 g/mol. The Hall–Kier alpha value is -4.54. The Morgan fingerprint density at radius 1 is 1.21 bits per heavy atom. The molecule has 0 spiro atoms. The number of amides is 2. The van der Waals surface area contributed by atoms with E-state index in [1.54, 1.807) is 58.5 Å². The summed E-state index contributed by atoms with van der Waals surface area (Å²) >= 11 is 0. The largest absolute Gasteiger partial charge is 0.348 e. The Labute approximate surface area is 188 Å². The summed E-state index contributed by atoms with van der Waals surface area (Å²) < 4.78 is 1.67. The van der Waals surface area contributed by atoms with Crippen molar-refractivity contribution in [3.63, 3.8) is 0 Å². The van der Waals surface area contributed by atoms with Crippen LogP contribution >= 0.6 is 0 Å². The molecular formula is C22H21N9O2. The van der Waals surface area contributed by atoms with E-state index < -0.39 is 0 Å². The van der Waals surface area contributed by atoms with Gasteiger partial charge in [-0.25, -0.2) is 4.52 Å². The predicted octanol–water partition coefficient (Wildman–Crippen LogP) is 1.97. The van der Waals surface area contributed by atoms with Gasteiger partial charge in [-0.05, 0) is 36.8 Å². The number of carbonyl (C=O) groups excluding carboxylic acids is 2. The van der Waals surface area contributed by atoms with Crippen molar-refractivity contribution in [2.24, 2.45) is 0 Å². The highest BCUT2D eigenvalue weighted by Gasteiger charge is 2.27. The average Bonchev–Trinajstić information content (AvgIpc) is 3.59. The van der Waals surface area contributed by atoms with Crippen LogP contribution in [-0.2, 0) is 4.79 Å². The molecular weight excluding hydrogens is 422 g/mol. The van der Waals surface area contributed by atoms with E-state index in [0.29, 0.717) is 35.9 Å². The van der Waals surface area contributed by atoms with E-state index in [-0.39, 0.29) is 17.9 Å². The van der Waals surface area contributed by atoms with Crippen molar-refractivity contribution < 1.29 is 9.59 Å². The fourth-order valence-corrected chi connectivity index (χ4v) is 3.71. The minimum absolute atomic E-state index is 0.0406. The first-order chi connectivity index (χ1) is 16.1. The number of nitrogens with zero attached hydrogens (tertiary/aromatic N) is 6. The summed E-state index contributed by atoms with van der Waals surface area (Å²) in [5, 5.41) is 17.2. The molecule has 11 nitrogen and oxygen atoms in total. The molecule has 3 N–H and O–H groups in total. The van der Waals surface area contributed by atoms with Crippen LogP contribution in [-0.4, -0.2) is 65.6 Å². The zero-order valence-corrected chi connectivity index (χ0v) is 17.6. The molecule has 0 radical (unpaired) electrons. The summed E-state index contributed by atoms with van der Waals surface area (Å²) in [6, 6.07) is 6.85. The molecule has 33 heavy (non-hydrogen) atoms. The van der Waals surface area contributed by atoms with E-state index in [2.05, 4.69) is 42.5 Å². The number of anilines is 2. The van der Waals surface area contributed by atoms with Crippen molar-refractivity contribution >= 4 is 29.1 Å². The molecule has 1 aliphatic heterocycles. The van der Waals surface area contributed by atoms with E-state index >= 15 is 0 Å². The Kier molecular flexibility index (Phi) is 5.27. The first-order valence-electron chi connectivity index (χ1n) is 10.4. The van der Waals surface area contributed by atoms with Gasteiger partial charge in [0.15, 0.2) is 5.65 Å². The zero-order valence-electron chi connectivity index (χ0n) is 17.6. The molecule has 5 rings (SSSR count). The molecule has 0 aliphatic carbocycles. The number of likely N-dealkylation sites (tertiary alicyclic amines) is 1. The molecule has 0 bridgehead atoms. The summed E-state index contributed by atoms with van der Waals surface area (Å²) in [5.74, 6) is 0.136. The SMILES string of the molecule is C=CC(=O)Nc1ccc(C(=O)N2CC[C@@H](Nc3nc4cnc(-c5cn[nH]c5)cn4n3)C2)cc1. The quantitative estimate of drug-likeness (QED) is 0.388. The minimum atomic E-state index is -0.295. The smallest absolute Gasteiger partial charge is 0.253 e. The van der Waals surface area contributed by atoms with E-state index in [4.69, 9.17) is 0 Å². The lowest BCUT2D eigenvalue weighted by atomic mass is 10.2. The van der Waals surface area contributed by atoms with Crippen molar-refractivity contribution in [3.8, 4) is 11.3 Å². The maximum atomic E-state index is 12.9. The summed E-state index contributed by atoms with van der Waals surface area (Å²) in [6.07, 6.45) is 8.89. The second-order valence-corrected chi connectivity index (χ2v) is 7.65. The third kappa shape index (κ3) is 4.28. The average molecular weight is 443 g/mol. The molecule has 4 aromatic rings. The molecule has 3 aromatic heterocycles. The van der Waals surface area contributed by atoms with Crippen LogP contribution in [0.5, 0.6) is 0 Å². The Morgan fingerprint density at radius 3 is 2.82 bits per heavy atom. The maximum absolute atomic E-state index is 12.9. The number of aromatic amines is 1. The van der Waals surface area contributed by atoms with E-state index in [9.17, 15) is 9.59 Å². The molecule has 0 saturated carbocycles. The molecule has 166 valence electrons. The number of fused-ring (bicyclic) bond motifs is 1. The summed E-state index contributed by atoms with van der Waals surface area (Å²) in [4.78, 5) is 34.9. The lowest BCUT2D eigenvalue weighted by Crippen LogP contribution is -2.31. The molecule has 1 saturated heterocycles. The van der Waals surface area contributed by atoms with Gasteiger partial charge in [0.25, 0.3) is 5.91 Å². The van der Waals surface area contributed by atoms with Crippen LogP contribution in [0.1, 0.15) is 16.8 Å². The normalized spacial score (nSPS) is 15.5. The highest BCUT2D eigenvalue weighted by molar-refractivity contribution is 5.99. The molecule has 1 aromatic carbocycles. The van der Waals surface area contributed by atoms with E-state index in [1.807, 2.05) is 0 Å². The first-order valence-corrected chi connectivity index (χ1v) is 10.4. The van der Waals surface area contributed by atoms with Crippen molar-refractivity contribution in [1.82, 2.24) is 34.7 Å². The molecule has 1 fully saturated rings. The van der Waals surface area contributed by atoms with Crippen LogP contribution in [0.25, 0.3) is 16.9 Å². The number of hydrogen-bond acceptors (Lipinski definition) is 7. The molecule has 0 unspecified atom stereocenters. The highest BCUT2D eigenvalue weighted by Crippen LogP contribution is 2.19. The second kappa shape index (κ2) is 8.54. The highest BCUT2D eigenvalue weighted by atomic mass is 16.2. The number of hydrogen-bond donors (Lipinski definition) is 3. The van der Waals surface area contributed by atoms with Crippen LogP contribution in [0.15, 0.2) is 61.7 Å². The molecule has 1 aliphatic rings. The topological polar surface area (TPSA) is 133 Å². The molecule has 4 heterocycles. The lowest BCUT2D eigenvalue weighted by molar-refractivity contribution is -0.111. The second-order valence-electron chi connectivity index (χ2n) is 7.65. The minimum Gasteiger partial charge on any atom is -0.348 e. The Balaban J connectivity index is 1.22. The van der Waals surface area contributed by atoms with Gasteiger partial charge in [0.05, 0.1) is 24.3 Å². The Morgan fingerprint density at radius 2 is 2.06 bits per heavy atom. The van der Waals surface area contributed by atoms with Gasteiger partial charge in [0.1, 0.15) is 0 Å². The number of carbonyl (C=O) groups is 2. The number of benzene rings is 1. The van der Waals surface area contributed by atoms with Gasteiger partial charge in [-0.15, -0.1) is 5.10 Å². The standard InChI is InChI=1S/C22H21N9O2/c1-2-20(32)26-16-5-3-14(4-6-16)21(33)30-8-7-17(12-30)27-22-28-19-11-23-18(13-31(19)29-22)15-9-24-25-10-15/h2-6,9-11,13,17H,1,7-8,12H2,(H,24,25)(H,26,32)(H,27,29)/t17-/m1/s1. The van der Waals surface area contributed by atoms with E-state index in [1.165, 1.54) is 6.08 Å². The number of H-pyrrole nitrogens is 1. The van der Waals surface area contributed by atoms with E-state index in [0.717, 1.165) is 17.7 Å². The summed E-state index contributed by atoms with van der Waals surface area (Å²) in [7, 11) is 0. The third-order valence-corrected chi connectivity index (χ3v) is 5.41. The van der Waals surface area contributed by atoms with Crippen molar-refractivity contribution in [1.29, 1.82) is 0 Å². The molecule has 2 amide bonds. The number of aromatic nitrogens is 6. The van der Waals surface area contributed by atoms with Crippen LogP contribution in [0.3, 0.4) is 0 Å². The van der Waals surface area contributed by atoms with Crippen LogP contribution in [0.4, 0.5) is 11.6 Å². The third-order valence-electron chi connectivity index (χ3n) is 5.41. The lowest BCUT2D eigenvalue weighted by Gasteiger charge is -2.17. The van der Waals surface area contributed by atoms with Crippen molar-refractivity contribution in [2.45, 2.75) is 12.5 Å². The zero-order chi connectivity index (χ0) is 22.8. The fraction of sp³-hybridized carbons (Fsp3) is 0.182. The van der Waals surface area contributed by atoms with Gasteiger partial charge >= 0.3 is 0 Å². The predicted molar refractivity (Wildman–Crippen MR) is 122 cm³/mol. The Bertz CT molecular complexity index is 1310. The van der Waals surface area contributed by atoms with Crippen LogP contribution < -0.4 is 10.6 Å². The van der Waals surface area contributed by atoms with Crippen molar-refractivity contribution in [2.75, 3.05) is 23.7 Å². The molecule has 11 heteroatoms. The van der Waals surface area contributed by atoms with Gasteiger partial charge in [-0.3, -0.25) is 19.7 Å². The van der Waals surface area contributed by atoms with Gasteiger partial charge in [0.2, 0.25) is 11.9 Å². The number of nitrogens with one attached hydrogen (secondary N) is 3. The van der Waals surface area contributed by atoms with Gasteiger partial charge in [-0.2, -0.15) is 10.1 Å². The molecule has 1 atom stereocenters. The maximum Gasteiger partial charge on any atom is 0.253 e.